The van der Waals surface area contributed by atoms with Crippen molar-refractivity contribution in [3.05, 3.63) is 67.5 Å². The monoisotopic (exact) mass is 407 g/mol. The molecule has 0 bridgehead atoms. The molecule has 0 spiro atoms. The first-order chi connectivity index (χ1) is 14.6. The van der Waals surface area contributed by atoms with Crippen LogP contribution < -0.4 is 5.56 Å². The van der Waals surface area contributed by atoms with Gasteiger partial charge in [0.1, 0.15) is 5.82 Å². The van der Waals surface area contributed by atoms with Crippen molar-refractivity contribution in [1.29, 1.82) is 0 Å². The molecule has 30 heavy (non-hydrogen) atoms. The van der Waals surface area contributed by atoms with Gasteiger partial charge in [0.2, 0.25) is 0 Å². The number of benzene rings is 1. The van der Waals surface area contributed by atoms with Crippen LogP contribution in [0, 0.1) is 10.1 Å². The lowest BCUT2D eigenvalue weighted by atomic mass is 9.88. The third-order valence-electron chi connectivity index (χ3n) is 6.52. The lowest BCUT2D eigenvalue weighted by Gasteiger charge is -2.28. The molecule has 1 aromatic carbocycles. The van der Waals surface area contributed by atoms with Crippen molar-refractivity contribution < 1.29 is 4.92 Å². The molecular formula is C22H25N5O3. The van der Waals surface area contributed by atoms with E-state index in [4.69, 9.17) is 4.98 Å². The number of nitro benzene ring substituents is 1. The van der Waals surface area contributed by atoms with E-state index in [-0.39, 0.29) is 16.2 Å². The van der Waals surface area contributed by atoms with Crippen molar-refractivity contribution in [2.24, 2.45) is 0 Å². The van der Waals surface area contributed by atoms with E-state index in [0.29, 0.717) is 30.8 Å². The highest BCUT2D eigenvalue weighted by molar-refractivity contribution is 5.91. The minimum atomic E-state index is -0.331. The first-order valence-corrected chi connectivity index (χ1v) is 10.7. The third kappa shape index (κ3) is 3.41. The Balaban J connectivity index is 1.42. The minimum Gasteiger partial charge on any atom is -0.361 e. The molecule has 1 aliphatic carbocycles. The summed E-state index contributed by atoms with van der Waals surface area (Å²) in [6.07, 6.45) is 8.32. The summed E-state index contributed by atoms with van der Waals surface area (Å²) in [5.41, 5.74) is 3.44. The number of non-ortho nitro benzene ring substituents is 1. The van der Waals surface area contributed by atoms with Crippen LogP contribution in [0.5, 0.6) is 0 Å². The molecule has 3 aromatic rings. The Hall–Kier alpha value is -3.00. The number of nitrogens with zero attached hydrogens (tertiary/aromatic N) is 3. The van der Waals surface area contributed by atoms with E-state index >= 15 is 0 Å². The van der Waals surface area contributed by atoms with E-state index in [0.717, 1.165) is 47.5 Å². The van der Waals surface area contributed by atoms with Crippen molar-refractivity contribution in [2.75, 3.05) is 6.54 Å². The molecule has 0 unspecified atom stereocenters. The van der Waals surface area contributed by atoms with Crippen LogP contribution in [0.1, 0.15) is 60.7 Å². The smallest absolute Gasteiger partial charge is 0.279 e. The van der Waals surface area contributed by atoms with Gasteiger partial charge in [-0.1, -0.05) is 25.3 Å². The SMILES string of the molecule is O=c1[nH]c(C2CCCCC2)nc2c1CCN(Cc1c[nH]c3cccc([N+](=O)[O-])c13)C2. The van der Waals surface area contributed by atoms with Gasteiger partial charge in [0.25, 0.3) is 11.2 Å². The average Bonchev–Trinajstić information content (AvgIpc) is 3.17. The topological polar surface area (TPSA) is 108 Å². The van der Waals surface area contributed by atoms with Gasteiger partial charge in [0.05, 0.1) is 21.5 Å². The van der Waals surface area contributed by atoms with Crippen molar-refractivity contribution in [1.82, 2.24) is 19.9 Å². The number of aromatic amines is 2. The molecule has 3 heterocycles. The van der Waals surface area contributed by atoms with Crippen molar-refractivity contribution in [3.63, 3.8) is 0 Å². The van der Waals surface area contributed by atoms with Crippen molar-refractivity contribution in [3.8, 4) is 0 Å². The van der Waals surface area contributed by atoms with Crippen molar-refractivity contribution in [2.45, 2.75) is 57.5 Å². The molecule has 0 saturated heterocycles. The van der Waals surface area contributed by atoms with E-state index in [2.05, 4.69) is 14.9 Å². The maximum atomic E-state index is 12.7. The quantitative estimate of drug-likeness (QED) is 0.506. The van der Waals surface area contributed by atoms with Crippen LogP contribution >= 0.6 is 0 Å². The lowest BCUT2D eigenvalue weighted by molar-refractivity contribution is -0.383. The summed E-state index contributed by atoms with van der Waals surface area (Å²) in [4.78, 5) is 37.1. The molecule has 2 aliphatic rings. The first kappa shape index (κ1) is 19.0. The Labute approximate surface area is 173 Å². The number of nitrogens with one attached hydrogen (secondary N) is 2. The molecule has 0 atom stereocenters. The maximum absolute atomic E-state index is 12.7. The van der Waals surface area contributed by atoms with Gasteiger partial charge in [0, 0.05) is 43.4 Å². The second kappa shape index (κ2) is 7.68. The Bertz CT molecular complexity index is 1160. The Morgan fingerprint density at radius 3 is 2.87 bits per heavy atom. The fourth-order valence-electron chi connectivity index (χ4n) is 4.97. The predicted octanol–water partition coefficient (Wildman–Crippen LogP) is 3.77. The second-order valence-corrected chi connectivity index (χ2v) is 8.44. The van der Waals surface area contributed by atoms with Gasteiger partial charge in [-0.2, -0.15) is 0 Å². The molecule has 8 nitrogen and oxygen atoms in total. The zero-order valence-corrected chi connectivity index (χ0v) is 16.8. The Morgan fingerprint density at radius 1 is 1.23 bits per heavy atom. The highest BCUT2D eigenvalue weighted by Gasteiger charge is 2.26. The van der Waals surface area contributed by atoms with Crippen LogP contribution in [-0.4, -0.2) is 31.3 Å². The predicted molar refractivity (Wildman–Crippen MR) is 113 cm³/mol. The molecule has 1 fully saturated rings. The molecule has 2 aromatic heterocycles. The summed E-state index contributed by atoms with van der Waals surface area (Å²) in [5, 5.41) is 12.1. The molecule has 2 N–H and O–H groups in total. The lowest BCUT2D eigenvalue weighted by Crippen LogP contribution is -2.35. The van der Waals surface area contributed by atoms with E-state index in [9.17, 15) is 14.9 Å². The summed E-state index contributed by atoms with van der Waals surface area (Å²) in [6, 6.07) is 5.10. The van der Waals surface area contributed by atoms with Crippen molar-refractivity contribution >= 4 is 16.6 Å². The number of H-pyrrole nitrogens is 2. The summed E-state index contributed by atoms with van der Waals surface area (Å²) in [6.45, 7) is 1.90. The van der Waals surface area contributed by atoms with E-state index in [1.807, 2.05) is 12.3 Å². The number of hydrogen-bond acceptors (Lipinski definition) is 5. The Kier molecular flexibility index (Phi) is 4.86. The maximum Gasteiger partial charge on any atom is 0.279 e. The molecule has 0 radical (unpaired) electrons. The fraction of sp³-hybridized carbons (Fsp3) is 0.455. The molecule has 8 heteroatoms. The highest BCUT2D eigenvalue weighted by Crippen LogP contribution is 2.32. The average molecular weight is 407 g/mol. The number of hydrogen-bond donors (Lipinski definition) is 2. The normalized spacial score (nSPS) is 17.9. The summed E-state index contributed by atoms with van der Waals surface area (Å²) in [7, 11) is 0. The Morgan fingerprint density at radius 2 is 2.07 bits per heavy atom. The third-order valence-corrected chi connectivity index (χ3v) is 6.52. The van der Waals surface area contributed by atoms with Gasteiger partial charge in [-0.25, -0.2) is 4.98 Å². The van der Waals surface area contributed by atoms with Crippen LogP contribution in [0.4, 0.5) is 5.69 Å². The van der Waals surface area contributed by atoms with Crippen LogP contribution in [0.3, 0.4) is 0 Å². The van der Waals surface area contributed by atoms with Gasteiger partial charge in [-0.05, 0) is 30.9 Å². The molecular weight excluding hydrogens is 382 g/mol. The summed E-state index contributed by atoms with van der Waals surface area (Å²) in [5.74, 6) is 1.19. The largest absolute Gasteiger partial charge is 0.361 e. The van der Waals surface area contributed by atoms with Gasteiger partial charge >= 0.3 is 0 Å². The van der Waals surface area contributed by atoms with Gasteiger partial charge in [0.15, 0.2) is 0 Å². The van der Waals surface area contributed by atoms with Gasteiger partial charge in [-0.15, -0.1) is 0 Å². The van der Waals surface area contributed by atoms with Crippen LogP contribution in [0.15, 0.2) is 29.2 Å². The fourth-order valence-corrected chi connectivity index (χ4v) is 4.97. The molecule has 156 valence electrons. The number of aromatic nitrogens is 3. The molecule has 1 saturated carbocycles. The van der Waals surface area contributed by atoms with E-state index < -0.39 is 0 Å². The number of fused-ring (bicyclic) bond motifs is 2. The standard InChI is InChI=1S/C22H25N5O3/c28-22-16-9-10-26(13-18(16)24-21(25-22)14-5-2-1-3-6-14)12-15-11-23-17-7-4-8-19(20(15)17)27(29)30/h4,7-8,11,14,23H,1-3,5-6,9-10,12-13H2,(H,24,25,28). The van der Waals surface area contributed by atoms with Crippen LogP contribution in [-0.2, 0) is 19.5 Å². The second-order valence-electron chi connectivity index (χ2n) is 8.44. The summed E-state index contributed by atoms with van der Waals surface area (Å²) < 4.78 is 0. The molecule has 5 rings (SSSR count). The van der Waals surface area contributed by atoms with Gasteiger partial charge < -0.3 is 9.97 Å². The van der Waals surface area contributed by atoms with E-state index in [1.54, 1.807) is 12.1 Å². The molecule has 0 amide bonds. The zero-order chi connectivity index (χ0) is 20.7. The number of nitro groups is 1. The first-order valence-electron chi connectivity index (χ1n) is 10.7. The van der Waals surface area contributed by atoms with Crippen LogP contribution in [0.25, 0.3) is 10.9 Å². The van der Waals surface area contributed by atoms with E-state index in [1.165, 1.54) is 19.3 Å². The van der Waals surface area contributed by atoms with Crippen LogP contribution in [0.2, 0.25) is 0 Å². The highest BCUT2D eigenvalue weighted by atomic mass is 16.6. The van der Waals surface area contributed by atoms with Gasteiger partial charge in [-0.3, -0.25) is 19.8 Å². The number of rotatable bonds is 4. The zero-order valence-electron chi connectivity index (χ0n) is 16.8. The summed E-state index contributed by atoms with van der Waals surface area (Å²) >= 11 is 0. The molecule has 1 aliphatic heterocycles. The minimum absolute atomic E-state index is 0.00274.